The summed E-state index contributed by atoms with van der Waals surface area (Å²) in [4.78, 5) is 11.8. The first kappa shape index (κ1) is 11.9. The number of Topliss-reactive ketones (excluding diaryl/α,β-unsaturated/α-hetero) is 1. The Bertz CT molecular complexity index is 560. The van der Waals surface area contributed by atoms with Gasteiger partial charge in [-0.05, 0) is 36.8 Å². The molecule has 0 atom stereocenters. The lowest BCUT2D eigenvalue weighted by Gasteiger charge is -2.02. The second-order valence-electron chi connectivity index (χ2n) is 3.78. The third-order valence-electron chi connectivity index (χ3n) is 2.41. The number of hydrogen-bond acceptors (Lipinski definition) is 2. The second-order valence-corrected chi connectivity index (χ2v) is 4.19. The number of hydrogen-bond donors (Lipinski definition) is 0. The van der Waals surface area contributed by atoms with Gasteiger partial charge in [-0.25, -0.2) is 4.39 Å². The molecule has 0 saturated carbocycles. The smallest absolute Gasteiger partial charge is 0.170 e. The lowest BCUT2D eigenvalue weighted by atomic mass is 10.0. The van der Waals surface area contributed by atoms with Gasteiger partial charge in [-0.15, -0.1) is 0 Å². The lowest BCUT2D eigenvalue weighted by molar-refractivity contribution is 0.0992. The van der Waals surface area contributed by atoms with E-state index >= 15 is 0 Å². The van der Waals surface area contributed by atoms with Gasteiger partial charge in [0.15, 0.2) is 5.78 Å². The highest BCUT2D eigenvalue weighted by molar-refractivity contribution is 6.31. The van der Waals surface area contributed by atoms with Gasteiger partial charge in [0.1, 0.15) is 17.8 Å². The maximum absolute atomic E-state index is 13.0. The third-order valence-corrected chi connectivity index (χ3v) is 2.78. The summed E-state index contributed by atoms with van der Waals surface area (Å²) in [5, 5.41) is 0.389. The van der Waals surface area contributed by atoms with Gasteiger partial charge in [0.2, 0.25) is 0 Å². The Balaban J connectivity index is 2.21. The van der Waals surface area contributed by atoms with Gasteiger partial charge in [-0.1, -0.05) is 11.6 Å². The minimum atomic E-state index is -0.402. The first-order valence-corrected chi connectivity index (χ1v) is 5.46. The average molecular weight is 253 g/mol. The van der Waals surface area contributed by atoms with Crippen molar-refractivity contribution < 1.29 is 13.6 Å². The van der Waals surface area contributed by atoms with Crippen molar-refractivity contribution in [3.8, 4) is 0 Å². The Labute approximate surface area is 103 Å². The van der Waals surface area contributed by atoms with Crippen LogP contribution in [-0.4, -0.2) is 5.78 Å². The number of halogens is 2. The fourth-order valence-corrected chi connectivity index (χ4v) is 1.73. The van der Waals surface area contributed by atoms with E-state index in [1.165, 1.54) is 24.5 Å². The van der Waals surface area contributed by atoms with Crippen molar-refractivity contribution in [3.63, 3.8) is 0 Å². The van der Waals surface area contributed by atoms with Crippen LogP contribution in [0.1, 0.15) is 21.7 Å². The maximum Gasteiger partial charge on any atom is 0.170 e. The molecule has 2 rings (SSSR count). The van der Waals surface area contributed by atoms with Gasteiger partial charge in [0.05, 0.1) is 5.56 Å². The normalized spacial score (nSPS) is 10.5. The van der Waals surface area contributed by atoms with E-state index in [-0.39, 0.29) is 12.2 Å². The molecule has 88 valence electrons. The standard InChI is InChI=1S/C13H10ClFO2/c1-8-4-10(7-17-8)13(16)6-9-5-11(15)2-3-12(9)14/h2-5,7H,6H2,1H3. The minimum absolute atomic E-state index is 0.0650. The van der Waals surface area contributed by atoms with Gasteiger partial charge < -0.3 is 4.42 Å². The van der Waals surface area contributed by atoms with Crippen LogP contribution >= 0.6 is 11.6 Å². The second kappa shape index (κ2) is 4.72. The topological polar surface area (TPSA) is 30.2 Å². The van der Waals surface area contributed by atoms with Crippen LogP contribution in [0.4, 0.5) is 4.39 Å². The zero-order valence-corrected chi connectivity index (χ0v) is 9.92. The summed E-state index contributed by atoms with van der Waals surface area (Å²) in [6.07, 6.45) is 1.46. The molecular weight excluding hydrogens is 243 g/mol. The summed E-state index contributed by atoms with van der Waals surface area (Å²) in [6, 6.07) is 5.63. The Morgan fingerprint density at radius 2 is 2.18 bits per heavy atom. The molecule has 1 aromatic heterocycles. The summed E-state index contributed by atoms with van der Waals surface area (Å²) in [5.41, 5.74) is 0.957. The van der Waals surface area contributed by atoms with E-state index in [0.717, 1.165) is 0 Å². The Morgan fingerprint density at radius 1 is 1.41 bits per heavy atom. The van der Waals surface area contributed by atoms with E-state index in [9.17, 15) is 9.18 Å². The van der Waals surface area contributed by atoms with E-state index < -0.39 is 5.82 Å². The molecule has 0 N–H and O–H groups in total. The van der Waals surface area contributed by atoms with Crippen LogP contribution in [0, 0.1) is 12.7 Å². The van der Waals surface area contributed by atoms with Gasteiger partial charge in [0.25, 0.3) is 0 Å². The van der Waals surface area contributed by atoms with Crippen molar-refractivity contribution in [2.75, 3.05) is 0 Å². The summed E-state index contributed by atoms with van der Waals surface area (Å²) < 4.78 is 18.1. The van der Waals surface area contributed by atoms with E-state index in [1.54, 1.807) is 13.0 Å². The molecule has 1 aromatic carbocycles. The summed E-state index contributed by atoms with van der Waals surface area (Å²) in [7, 11) is 0. The molecule has 0 fully saturated rings. The molecule has 0 saturated heterocycles. The minimum Gasteiger partial charge on any atom is -0.469 e. The molecule has 0 aliphatic carbocycles. The quantitative estimate of drug-likeness (QED) is 0.778. The van der Waals surface area contributed by atoms with Crippen molar-refractivity contribution in [1.82, 2.24) is 0 Å². The molecular formula is C13H10ClFO2. The van der Waals surface area contributed by atoms with Crippen molar-refractivity contribution >= 4 is 17.4 Å². The number of rotatable bonds is 3. The van der Waals surface area contributed by atoms with E-state index in [1.807, 2.05) is 0 Å². The molecule has 1 heterocycles. The first-order valence-electron chi connectivity index (χ1n) is 5.08. The molecule has 2 aromatic rings. The Morgan fingerprint density at radius 3 is 2.82 bits per heavy atom. The highest BCUT2D eigenvalue weighted by atomic mass is 35.5. The molecule has 2 nitrogen and oxygen atoms in total. The Hall–Kier alpha value is -1.61. The predicted molar refractivity (Wildman–Crippen MR) is 62.9 cm³/mol. The molecule has 0 aliphatic rings. The largest absolute Gasteiger partial charge is 0.469 e. The summed E-state index contributed by atoms with van der Waals surface area (Å²) in [6.45, 7) is 1.76. The van der Waals surface area contributed by atoms with Crippen molar-refractivity contribution in [1.29, 1.82) is 0 Å². The molecule has 0 radical (unpaired) electrons. The van der Waals surface area contributed by atoms with E-state index in [4.69, 9.17) is 16.0 Å². The highest BCUT2D eigenvalue weighted by Gasteiger charge is 2.12. The van der Waals surface area contributed by atoms with Gasteiger partial charge in [-0.3, -0.25) is 4.79 Å². The fourth-order valence-electron chi connectivity index (χ4n) is 1.54. The molecule has 4 heteroatoms. The molecule has 0 bridgehead atoms. The van der Waals surface area contributed by atoms with Crippen LogP contribution < -0.4 is 0 Å². The fraction of sp³-hybridized carbons (Fsp3) is 0.154. The molecule has 0 amide bonds. The average Bonchev–Trinajstić information content (AvgIpc) is 2.70. The van der Waals surface area contributed by atoms with Crippen LogP contribution in [0.5, 0.6) is 0 Å². The van der Waals surface area contributed by atoms with Crippen molar-refractivity contribution in [2.24, 2.45) is 0 Å². The Kier molecular flexibility index (Phi) is 3.29. The number of furan rings is 1. The SMILES string of the molecule is Cc1cc(C(=O)Cc2cc(F)ccc2Cl)co1. The van der Waals surface area contributed by atoms with Crippen LogP contribution in [0.3, 0.4) is 0 Å². The zero-order chi connectivity index (χ0) is 12.4. The van der Waals surface area contributed by atoms with Crippen LogP contribution in [0.25, 0.3) is 0 Å². The van der Waals surface area contributed by atoms with E-state index in [2.05, 4.69) is 0 Å². The predicted octanol–water partition coefficient (Wildman–Crippen LogP) is 3.81. The van der Waals surface area contributed by atoms with Crippen molar-refractivity contribution in [2.45, 2.75) is 13.3 Å². The van der Waals surface area contributed by atoms with Crippen LogP contribution in [-0.2, 0) is 6.42 Å². The van der Waals surface area contributed by atoms with Crippen molar-refractivity contribution in [3.05, 3.63) is 58.3 Å². The van der Waals surface area contributed by atoms with E-state index in [0.29, 0.717) is 21.9 Å². The number of benzene rings is 1. The monoisotopic (exact) mass is 252 g/mol. The number of carbonyl (C=O) groups is 1. The zero-order valence-electron chi connectivity index (χ0n) is 9.17. The van der Waals surface area contributed by atoms with Gasteiger partial charge in [-0.2, -0.15) is 0 Å². The third kappa shape index (κ3) is 2.74. The van der Waals surface area contributed by atoms with Crippen LogP contribution in [0.2, 0.25) is 5.02 Å². The maximum atomic E-state index is 13.0. The van der Waals surface area contributed by atoms with Gasteiger partial charge in [0, 0.05) is 11.4 Å². The highest BCUT2D eigenvalue weighted by Crippen LogP contribution is 2.19. The number of carbonyl (C=O) groups excluding carboxylic acids is 1. The van der Waals surface area contributed by atoms with Crippen LogP contribution in [0.15, 0.2) is 34.9 Å². The lowest BCUT2D eigenvalue weighted by Crippen LogP contribution is -2.03. The molecule has 0 spiro atoms. The summed E-state index contributed by atoms with van der Waals surface area (Å²) >= 11 is 5.89. The molecule has 0 unspecified atom stereocenters. The number of ketones is 1. The summed E-state index contributed by atoms with van der Waals surface area (Å²) in [5.74, 6) is 0.119. The number of aryl methyl sites for hydroxylation is 1. The first-order chi connectivity index (χ1) is 8.06. The molecule has 0 aliphatic heterocycles. The van der Waals surface area contributed by atoms with Gasteiger partial charge >= 0.3 is 0 Å². The molecule has 17 heavy (non-hydrogen) atoms.